The zero-order valence-corrected chi connectivity index (χ0v) is 19.1. The van der Waals surface area contributed by atoms with Crippen LogP contribution in [0.3, 0.4) is 0 Å². The van der Waals surface area contributed by atoms with Gasteiger partial charge in [0.15, 0.2) is 5.96 Å². The number of aliphatic imine (C=N–C) groups is 1. The standard InChI is InChI=1S/C19H33N3O3.HI/c1-13(2)8-7-9-14(3)22-19(20)21-12-16-17(24-5)10-15(23-4)11-18(16)25-6;/h10-11,13-14H,7-9,12H2,1-6H3,(H3,20,21,22);1H. The molecule has 1 aromatic rings. The molecule has 1 rings (SSSR count). The molecule has 0 saturated heterocycles. The molecule has 150 valence electrons. The smallest absolute Gasteiger partial charge is 0.189 e. The van der Waals surface area contributed by atoms with Crippen LogP contribution in [0.4, 0.5) is 0 Å². The van der Waals surface area contributed by atoms with E-state index < -0.39 is 0 Å². The molecule has 0 bridgehead atoms. The van der Waals surface area contributed by atoms with E-state index in [9.17, 15) is 0 Å². The average molecular weight is 479 g/mol. The van der Waals surface area contributed by atoms with Gasteiger partial charge in [-0.05, 0) is 19.3 Å². The van der Waals surface area contributed by atoms with Gasteiger partial charge < -0.3 is 25.3 Å². The first-order chi connectivity index (χ1) is 11.9. The SMILES string of the molecule is COc1cc(OC)c(CN=C(N)NC(C)CCCC(C)C)c(OC)c1.I. The van der Waals surface area contributed by atoms with Crippen LogP contribution in [0, 0.1) is 5.92 Å². The van der Waals surface area contributed by atoms with Crippen molar-refractivity contribution >= 4 is 29.9 Å². The van der Waals surface area contributed by atoms with E-state index in [0.29, 0.717) is 35.8 Å². The highest BCUT2D eigenvalue weighted by Gasteiger charge is 2.13. The second kappa shape index (κ2) is 12.9. The molecule has 26 heavy (non-hydrogen) atoms. The molecule has 3 N–H and O–H groups in total. The molecule has 1 aromatic carbocycles. The Labute approximate surface area is 174 Å². The largest absolute Gasteiger partial charge is 0.496 e. The highest BCUT2D eigenvalue weighted by Crippen LogP contribution is 2.34. The van der Waals surface area contributed by atoms with Gasteiger partial charge in [-0.1, -0.05) is 26.7 Å². The summed E-state index contributed by atoms with van der Waals surface area (Å²) in [5.41, 5.74) is 6.86. The van der Waals surface area contributed by atoms with Crippen LogP contribution < -0.4 is 25.3 Å². The third-order valence-electron chi connectivity index (χ3n) is 4.04. The summed E-state index contributed by atoms with van der Waals surface area (Å²) in [7, 11) is 4.83. The van der Waals surface area contributed by atoms with Crippen molar-refractivity contribution in [3.8, 4) is 17.2 Å². The molecule has 0 heterocycles. The van der Waals surface area contributed by atoms with E-state index in [2.05, 4.69) is 31.1 Å². The molecule has 0 spiro atoms. The summed E-state index contributed by atoms with van der Waals surface area (Å²) in [6.45, 7) is 6.97. The van der Waals surface area contributed by atoms with Crippen LogP contribution >= 0.6 is 24.0 Å². The van der Waals surface area contributed by atoms with Crippen molar-refractivity contribution < 1.29 is 14.2 Å². The lowest BCUT2D eigenvalue weighted by Gasteiger charge is -2.16. The minimum Gasteiger partial charge on any atom is -0.496 e. The summed E-state index contributed by atoms with van der Waals surface area (Å²) in [6, 6.07) is 3.92. The number of guanidine groups is 1. The van der Waals surface area contributed by atoms with Crippen molar-refractivity contribution in [1.82, 2.24) is 5.32 Å². The van der Waals surface area contributed by atoms with Gasteiger partial charge in [0.25, 0.3) is 0 Å². The van der Waals surface area contributed by atoms with Crippen molar-refractivity contribution in [2.45, 2.75) is 52.6 Å². The molecule has 0 aliphatic carbocycles. The van der Waals surface area contributed by atoms with Gasteiger partial charge in [0.2, 0.25) is 0 Å². The van der Waals surface area contributed by atoms with E-state index in [1.165, 1.54) is 12.8 Å². The molecule has 1 atom stereocenters. The predicted molar refractivity (Wildman–Crippen MR) is 118 cm³/mol. The number of nitrogens with zero attached hydrogens (tertiary/aromatic N) is 1. The summed E-state index contributed by atoms with van der Waals surface area (Å²) < 4.78 is 16.1. The molecular formula is C19H34IN3O3. The van der Waals surface area contributed by atoms with Gasteiger partial charge in [-0.3, -0.25) is 0 Å². The van der Waals surface area contributed by atoms with Crippen LogP contribution in [-0.4, -0.2) is 33.3 Å². The lowest BCUT2D eigenvalue weighted by Crippen LogP contribution is -2.38. The van der Waals surface area contributed by atoms with E-state index >= 15 is 0 Å². The van der Waals surface area contributed by atoms with Crippen molar-refractivity contribution in [3.05, 3.63) is 17.7 Å². The van der Waals surface area contributed by atoms with E-state index in [-0.39, 0.29) is 24.0 Å². The van der Waals surface area contributed by atoms with Crippen molar-refractivity contribution in [3.63, 3.8) is 0 Å². The quantitative estimate of drug-likeness (QED) is 0.302. The lowest BCUT2D eigenvalue weighted by molar-refractivity contribution is 0.369. The molecule has 0 aromatic heterocycles. The topological polar surface area (TPSA) is 78.1 Å². The second-order valence-corrected chi connectivity index (χ2v) is 6.58. The fraction of sp³-hybridized carbons (Fsp3) is 0.632. The zero-order valence-electron chi connectivity index (χ0n) is 16.8. The summed E-state index contributed by atoms with van der Waals surface area (Å²) >= 11 is 0. The monoisotopic (exact) mass is 479 g/mol. The van der Waals surface area contributed by atoms with Gasteiger partial charge in [-0.2, -0.15) is 0 Å². The Morgan fingerprint density at radius 2 is 1.62 bits per heavy atom. The fourth-order valence-electron chi connectivity index (χ4n) is 2.60. The molecule has 0 amide bonds. The maximum atomic E-state index is 6.03. The third kappa shape index (κ3) is 8.33. The highest BCUT2D eigenvalue weighted by molar-refractivity contribution is 14.0. The Morgan fingerprint density at radius 1 is 1.04 bits per heavy atom. The summed E-state index contributed by atoms with van der Waals surface area (Å²) in [5, 5.41) is 3.24. The Hall–Kier alpha value is -1.38. The number of rotatable bonds is 10. The van der Waals surface area contributed by atoms with Gasteiger partial charge in [-0.25, -0.2) is 4.99 Å². The molecule has 6 nitrogen and oxygen atoms in total. The Balaban J connectivity index is 0.00000625. The average Bonchev–Trinajstić information content (AvgIpc) is 2.58. The van der Waals surface area contributed by atoms with E-state index in [1.807, 2.05) is 12.1 Å². The van der Waals surface area contributed by atoms with Gasteiger partial charge in [0.1, 0.15) is 17.2 Å². The van der Waals surface area contributed by atoms with Crippen LogP contribution in [0.1, 0.15) is 45.6 Å². The van der Waals surface area contributed by atoms with Crippen LogP contribution in [0.25, 0.3) is 0 Å². The number of hydrogen-bond donors (Lipinski definition) is 2. The normalized spacial score (nSPS) is 12.3. The number of hydrogen-bond acceptors (Lipinski definition) is 4. The van der Waals surface area contributed by atoms with Crippen molar-refractivity contribution in [1.29, 1.82) is 0 Å². The summed E-state index contributed by atoms with van der Waals surface area (Å²) in [4.78, 5) is 4.43. The molecule has 0 fully saturated rings. The molecule has 0 saturated carbocycles. The van der Waals surface area contributed by atoms with Gasteiger partial charge >= 0.3 is 0 Å². The number of nitrogens with two attached hydrogens (primary N) is 1. The first kappa shape index (κ1) is 24.6. The van der Waals surface area contributed by atoms with Gasteiger partial charge in [-0.15, -0.1) is 24.0 Å². The molecule has 0 aliphatic rings. The maximum absolute atomic E-state index is 6.03. The number of benzene rings is 1. The Bertz CT molecular complexity index is 540. The summed E-state index contributed by atoms with van der Waals surface area (Å²) in [6.07, 6.45) is 3.48. The molecule has 1 unspecified atom stereocenters. The van der Waals surface area contributed by atoms with Gasteiger partial charge in [0.05, 0.1) is 33.4 Å². The van der Waals surface area contributed by atoms with Gasteiger partial charge in [0, 0.05) is 18.2 Å². The third-order valence-corrected chi connectivity index (χ3v) is 4.04. The van der Waals surface area contributed by atoms with E-state index in [0.717, 1.165) is 17.9 Å². The Kier molecular flexibility index (Phi) is 12.2. The second-order valence-electron chi connectivity index (χ2n) is 6.58. The summed E-state index contributed by atoms with van der Waals surface area (Å²) in [5.74, 6) is 3.16. The van der Waals surface area contributed by atoms with Crippen LogP contribution in [-0.2, 0) is 6.54 Å². The van der Waals surface area contributed by atoms with Crippen molar-refractivity contribution in [2.75, 3.05) is 21.3 Å². The minimum absolute atomic E-state index is 0. The fourth-order valence-corrected chi connectivity index (χ4v) is 2.60. The first-order valence-corrected chi connectivity index (χ1v) is 8.76. The Morgan fingerprint density at radius 3 is 2.08 bits per heavy atom. The molecule has 7 heteroatoms. The number of halogens is 1. The van der Waals surface area contributed by atoms with Crippen LogP contribution in [0.2, 0.25) is 0 Å². The van der Waals surface area contributed by atoms with Crippen LogP contribution in [0.15, 0.2) is 17.1 Å². The maximum Gasteiger partial charge on any atom is 0.189 e. The highest BCUT2D eigenvalue weighted by atomic mass is 127. The number of methoxy groups -OCH3 is 3. The number of ether oxygens (including phenoxy) is 3. The van der Waals surface area contributed by atoms with E-state index in [1.54, 1.807) is 21.3 Å². The van der Waals surface area contributed by atoms with Crippen LogP contribution in [0.5, 0.6) is 17.2 Å². The van der Waals surface area contributed by atoms with E-state index in [4.69, 9.17) is 19.9 Å². The zero-order chi connectivity index (χ0) is 18.8. The number of nitrogens with one attached hydrogen (secondary N) is 1. The van der Waals surface area contributed by atoms with Crippen molar-refractivity contribution in [2.24, 2.45) is 16.6 Å². The molecule has 0 radical (unpaired) electrons. The minimum atomic E-state index is 0. The predicted octanol–water partition coefficient (Wildman–Crippen LogP) is 3.95. The lowest BCUT2D eigenvalue weighted by atomic mass is 10.0. The first-order valence-electron chi connectivity index (χ1n) is 8.76. The molecule has 0 aliphatic heterocycles. The molecular weight excluding hydrogens is 445 g/mol.